The summed E-state index contributed by atoms with van der Waals surface area (Å²) in [5.74, 6) is 0. The zero-order valence-corrected chi connectivity index (χ0v) is 14.2. The van der Waals surface area contributed by atoms with Crippen LogP contribution in [0.3, 0.4) is 0 Å². The Morgan fingerprint density at radius 1 is 1.04 bits per heavy atom. The average Bonchev–Trinajstić information content (AvgIpc) is 3.10. The fourth-order valence-corrected chi connectivity index (χ4v) is 3.06. The lowest BCUT2D eigenvalue weighted by molar-refractivity contribution is 0.956. The molecule has 0 aliphatic carbocycles. The second kappa shape index (κ2) is 5.79. The standard InChI is InChI=1S/C19H15ClN4O/c1-12-4-9-15-16(21)17(23-10-2-3-11-23)19(25)24(18(15)22-12)14-7-5-13(20)6-8-14/h2-11H,21H2,1H3. The van der Waals surface area contributed by atoms with Crippen molar-refractivity contribution in [1.29, 1.82) is 0 Å². The largest absolute Gasteiger partial charge is 0.396 e. The van der Waals surface area contributed by atoms with Gasteiger partial charge in [-0.3, -0.25) is 9.36 Å². The number of benzene rings is 1. The summed E-state index contributed by atoms with van der Waals surface area (Å²) in [5.41, 5.74) is 8.94. The van der Waals surface area contributed by atoms with E-state index in [2.05, 4.69) is 4.98 Å². The van der Waals surface area contributed by atoms with Gasteiger partial charge in [-0.05, 0) is 55.5 Å². The van der Waals surface area contributed by atoms with E-state index in [1.165, 1.54) is 0 Å². The summed E-state index contributed by atoms with van der Waals surface area (Å²) in [6, 6.07) is 14.6. The number of nitrogens with two attached hydrogens (primary N) is 1. The Morgan fingerprint density at radius 3 is 2.40 bits per heavy atom. The average molecular weight is 351 g/mol. The molecule has 0 amide bonds. The SMILES string of the molecule is Cc1ccc2c(N)c(-n3cccc3)c(=O)n(-c3ccc(Cl)cc3)c2n1. The molecule has 4 rings (SSSR count). The van der Waals surface area contributed by atoms with Crippen LogP contribution in [0.1, 0.15) is 5.69 Å². The Labute approximate surface area is 148 Å². The number of fused-ring (bicyclic) bond motifs is 1. The van der Waals surface area contributed by atoms with Gasteiger partial charge in [-0.1, -0.05) is 11.6 Å². The Kier molecular flexibility index (Phi) is 3.58. The number of nitrogen functional groups attached to an aromatic ring is 1. The number of pyridine rings is 2. The van der Waals surface area contributed by atoms with E-state index in [9.17, 15) is 4.79 Å². The molecule has 3 heterocycles. The summed E-state index contributed by atoms with van der Waals surface area (Å²) in [4.78, 5) is 17.8. The first-order chi connectivity index (χ1) is 12.1. The zero-order chi connectivity index (χ0) is 17.6. The molecule has 0 aliphatic rings. The van der Waals surface area contributed by atoms with Crippen LogP contribution >= 0.6 is 11.6 Å². The van der Waals surface area contributed by atoms with E-state index in [1.807, 2.05) is 31.2 Å². The number of halogens is 1. The summed E-state index contributed by atoms with van der Waals surface area (Å²) in [6.45, 7) is 1.88. The monoisotopic (exact) mass is 350 g/mol. The van der Waals surface area contributed by atoms with Gasteiger partial charge in [0.05, 0.1) is 11.4 Å². The Balaban J connectivity index is 2.18. The van der Waals surface area contributed by atoms with Crippen LogP contribution in [-0.4, -0.2) is 14.1 Å². The van der Waals surface area contributed by atoms with Crippen LogP contribution in [0.5, 0.6) is 0 Å². The van der Waals surface area contributed by atoms with E-state index in [4.69, 9.17) is 17.3 Å². The molecule has 0 unspecified atom stereocenters. The van der Waals surface area contributed by atoms with Gasteiger partial charge in [0.1, 0.15) is 11.3 Å². The minimum atomic E-state index is -0.235. The van der Waals surface area contributed by atoms with Gasteiger partial charge in [0, 0.05) is 28.5 Å². The van der Waals surface area contributed by atoms with Crippen LogP contribution in [0.25, 0.3) is 22.4 Å². The van der Waals surface area contributed by atoms with Crippen molar-refractivity contribution in [1.82, 2.24) is 14.1 Å². The van der Waals surface area contributed by atoms with Gasteiger partial charge in [-0.2, -0.15) is 0 Å². The third-order valence-electron chi connectivity index (χ3n) is 4.12. The molecule has 0 fully saturated rings. The van der Waals surface area contributed by atoms with Crippen molar-refractivity contribution in [2.24, 2.45) is 0 Å². The normalized spacial score (nSPS) is 11.1. The van der Waals surface area contributed by atoms with Gasteiger partial charge in [-0.15, -0.1) is 0 Å². The molecule has 0 saturated heterocycles. The first kappa shape index (κ1) is 15.5. The zero-order valence-electron chi connectivity index (χ0n) is 13.5. The summed E-state index contributed by atoms with van der Waals surface area (Å²) in [7, 11) is 0. The van der Waals surface area contributed by atoms with E-state index in [0.29, 0.717) is 27.7 Å². The summed E-state index contributed by atoms with van der Waals surface area (Å²) in [5, 5.41) is 1.33. The quantitative estimate of drug-likeness (QED) is 0.599. The number of rotatable bonds is 2. The molecular formula is C19H15ClN4O. The summed E-state index contributed by atoms with van der Waals surface area (Å²) >= 11 is 5.99. The highest BCUT2D eigenvalue weighted by molar-refractivity contribution is 6.30. The Bertz CT molecular complexity index is 1130. The predicted molar refractivity (Wildman–Crippen MR) is 101 cm³/mol. The molecule has 124 valence electrons. The van der Waals surface area contributed by atoms with Crippen molar-refractivity contribution >= 4 is 28.3 Å². The topological polar surface area (TPSA) is 65.8 Å². The smallest absolute Gasteiger partial charge is 0.283 e. The fraction of sp³-hybridized carbons (Fsp3) is 0.0526. The summed E-state index contributed by atoms with van der Waals surface area (Å²) in [6.07, 6.45) is 3.60. The van der Waals surface area contributed by atoms with Crippen LogP contribution in [0.4, 0.5) is 5.69 Å². The van der Waals surface area contributed by atoms with E-state index in [-0.39, 0.29) is 5.56 Å². The Hall–Kier alpha value is -3.05. The lowest BCUT2D eigenvalue weighted by Crippen LogP contribution is -2.25. The van der Waals surface area contributed by atoms with Gasteiger partial charge in [0.15, 0.2) is 0 Å². The first-order valence-electron chi connectivity index (χ1n) is 7.77. The molecule has 6 heteroatoms. The van der Waals surface area contributed by atoms with Crippen LogP contribution < -0.4 is 11.3 Å². The van der Waals surface area contributed by atoms with Gasteiger partial charge in [-0.25, -0.2) is 4.98 Å². The number of hydrogen-bond donors (Lipinski definition) is 1. The van der Waals surface area contributed by atoms with E-state index >= 15 is 0 Å². The van der Waals surface area contributed by atoms with Crippen molar-refractivity contribution in [3.8, 4) is 11.4 Å². The molecule has 0 radical (unpaired) electrons. The third-order valence-corrected chi connectivity index (χ3v) is 4.38. The molecule has 0 atom stereocenters. The number of aromatic nitrogens is 3. The first-order valence-corrected chi connectivity index (χ1v) is 8.15. The van der Waals surface area contributed by atoms with Gasteiger partial charge >= 0.3 is 0 Å². The third kappa shape index (κ3) is 2.49. The van der Waals surface area contributed by atoms with Crippen LogP contribution in [-0.2, 0) is 0 Å². The van der Waals surface area contributed by atoms with Gasteiger partial charge < -0.3 is 10.3 Å². The highest BCUT2D eigenvalue weighted by atomic mass is 35.5. The molecule has 5 nitrogen and oxygen atoms in total. The molecule has 0 bridgehead atoms. The number of aryl methyl sites for hydroxylation is 1. The molecule has 4 aromatic rings. The summed E-state index contributed by atoms with van der Waals surface area (Å²) < 4.78 is 3.30. The minimum absolute atomic E-state index is 0.235. The number of anilines is 1. The van der Waals surface area contributed by atoms with Crippen molar-refractivity contribution in [2.75, 3.05) is 5.73 Å². The van der Waals surface area contributed by atoms with Crippen molar-refractivity contribution in [3.05, 3.63) is 82.0 Å². The van der Waals surface area contributed by atoms with Crippen molar-refractivity contribution < 1.29 is 0 Å². The molecule has 2 N–H and O–H groups in total. The van der Waals surface area contributed by atoms with Crippen LogP contribution in [0.2, 0.25) is 5.02 Å². The number of hydrogen-bond acceptors (Lipinski definition) is 3. The highest BCUT2D eigenvalue weighted by Crippen LogP contribution is 2.26. The van der Waals surface area contributed by atoms with E-state index < -0.39 is 0 Å². The van der Waals surface area contributed by atoms with E-state index in [0.717, 1.165) is 11.1 Å². The maximum absolute atomic E-state index is 13.3. The highest BCUT2D eigenvalue weighted by Gasteiger charge is 2.18. The van der Waals surface area contributed by atoms with E-state index in [1.54, 1.807) is 45.8 Å². The maximum Gasteiger partial charge on any atom is 0.283 e. The molecule has 0 aliphatic heterocycles. The molecule has 3 aromatic heterocycles. The molecule has 1 aromatic carbocycles. The van der Waals surface area contributed by atoms with Gasteiger partial charge in [0.25, 0.3) is 5.56 Å². The van der Waals surface area contributed by atoms with Gasteiger partial charge in [0.2, 0.25) is 0 Å². The van der Waals surface area contributed by atoms with Crippen LogP contribution in [0, 0.1) is 6.92 Å². The minimum Gasteiger partial charge on any atom is -0.396 e. The molecular weight excluding hydrogens is 336 g/mol. The van der Waals surface area contributed by atoms with Crippen LogP contribution in [0.15, 0.2) is 65.7 Å². The lowest BCUT2D eigenvalue weighted by atomic mass is 10.2. The molecule has 25 heavy (non-hydrogen) atoms. The maximum atomic E-state index is 13.3. The predicted octanol–water partition coefficient (Wildman–Crippen LogP) is 3.72. The molecule has 0 spiro atoms. The second-order valence-electron chi connectivity index (χ2n) is 5.79. The lowest BCUT2D eigenvalue weighted by Gasteiger charge is -2.16. The Morgan fingerprint density at radius 2 is 1.72 bits per heavy atom. The molecule has 0 saturated carbocycles. The number of nitrogens with zero attached hydrogens (tertiary/aromatic N) is 3. The van der Waals surface area contributed by atoms with Crippen molar-refractivity contribution in [3.63, 3.8) is 0 Å². The van der Waals surface area contributed by atoms with Crippen molar-refractivity contribution in [2.45, 2.75) is 6.92 Å². The second-order valence-corrected chi connectivity index (χ2v) is 6.23. The fourth-order valence-electron chi connectivity index (χ4n) is 2.93.